The number of carbonyl (C=O) groups excluding carboxylic acids is 1. The van der Waals surface area contributed by atoms with Gasteiger partial charge in [0.05, 0.1) is 18.7 Å². The van der Waals surface area contributed by atoms with Gasteiger partial charge in [0, 0.05) is 24.0 Å². The van der Waals surface area contributed by atoms with Gasteiger partial charge in [0.25, 0.3) is 0 Å². The first kappa shape index (κ1) is 19.5. The lowest BCUT2D eigenvalue weighted by molar-refractivity contribution is 0.193. The number of fused-ring (bicyclic) bond motifs is 1. The number of pyridine rings is 1. The summed E-state index contributed by atoms with van der Waals surface area (Å²) in [5.74, 6) is 0.456. The topological polar surface area (TPSA) is 75.1 Å². The molecule has 0 atom stereocenters. The molecule has 7 nitrogen and oxygen atoms in total. The largest absolute Gasteiger partial charge is 0.336 e. The average molecular weight is 420 g/mol. The van der Waals surface area contributed by atoms with Gasteiger partial charge in [0.1, 0.15) is 11.5 Å². The summed E-state index contributed by atoms with van der Waals surface area (Å²) >= 11 is 0. The number of halogens is 1. The number of hydrogen-bond acceptors (Lipinski definition) is 4. The Labute approximate surface area is 180 Å². The van der Waals surface area contributed by atoms with Gasteiger partial charge in [-0.05, 0) is 54.8 Å². The van der Waals surface area contributed by atoms with Gasteiger partial charge in [0.15, 0.2) is 5.82 Å². The van der Waals surface area contributed by atoms with E-state index in [9.17, 15) is 9.18 Å². The zero-order valence-electron chi connectivity index (χ0n) is 17.2. The molecule has 0 bridgehead atoms. The van der Waals surface area contributed by atoms with Crippen molar-refractivity contribution in [3.05, 3.63) is 54.6 Å². The van der Waals surface area contributed by atoms with Crippen LogP contribution in [-0.4, -0.2) is 38.4 Å². The van der Waals surface area contributed by atoms with E-state index >= 15 is 0 Å². The molecule has 0 spiro atoms. The minimum atomic E-state index is -0.290. The molecule has 2 aliphatic rings. The van der Waals surface area contributed by atoms with Crippen molar-refractivity contribution in [1.82, 2.24) is 25.1 Å². The third-order valence-corrected chi connectivity index (χ3v) is 5.99. The Morgan fingerprint density at radius 1 is 1.00 bits per heavy atom. The van der Waals surface area contributed by atoms with E-state index in [1.807, 2.05) is 16.8 Å². The number of benzene rings is 1. The SMILES string of the molecule is O=C(NC1CCCCC1)N1CCn2nc(-c3ccc(F)cc3)c(-c3ccncc3)c2N1. The fraction of sp³-hybridized carbons (Fsp3) is 0.348. The molecule has 2 amide bonds. The molecule has 160 valence electrons. The van der Waals surface area contributed by atoms with Crippen LogP contribution in [0.1, 0.15) is 32.1 Å². The zero-order valence-corrected chi connectivity index (χ0v) is 17.2. The van der Waals surface area contributed by atoms with E-state index in [2.05, 4.69) is 15.7 Å². The molecule has 1 saturated carbocycles. The van der Waals surface area contributed by atoms with Crippen molar-refractivity contribution in [2.24, 2.45) is 0 Å². The Kier molecular flexibility index (Phi) is 5.28. The van der Waals surface area contributed by atoms with Gasteiger partial charge in [-0.2, -0.15) is 5.10 Å². The zero-order chi connectivity index (χ0) is 21.2. The number of nitrogens with one attached hydrogen (secondary N) is 2. The van der Waals surface area contributed by atoms with Gasteiger partial charge in [-0.1, -0.05) is 19.3 Å². The maximum absolute atomic E-state index is 13.5. The molecule has 0 radical (unpaired) electrons. The first-order chi connectivity index (χ1) is 15.2. The molecule has 1 aliphatic carbocycles. The van der Waals surface area contributed by atoms with Crippen molar-refractivity contribution < 1.29 is 9.18 Å². The Balaban J connectivity index is 1.48. The van der Waals surface area contributed by atoms with E-state index in [0.717, 1.165) is 41.0 Å². The van der Waals surface area contributed by atoms with Crippen molar-refractivity contribution in [2.75, 3.05) is 12.0 Å². The molecule has 5 rings (SSSR count). The highest BCUT2D eigenvalue weighted by molar-refractivity contribution is 5.90. The minimum absolute atomic E-state index is 0.108. The molecule has 31 heavy (non-hydrogen) atoms. The van der Waals surface area contributed by atoms with Crippen LogP contribution >= 0.6 is 0 Å². The maximum Gasteiger partial charge on any atom is 0.336 e. The van der Waals surface area contributed by atoms with E-state index < -0.39 is 0 Å². The highest BCUT2D eigenvalue weighted by Crippen LogP contribution is 2.39. The molecule has 1 aliphatic heterocycles. The first-order valence-electron chi connectivity index (χ1n) is 10.8. The number of hydrazine groups is 1. The third kappa shape index (κ3) is 3.97. The second kappa shape index (κ2) is 8.37. The lowest BCUT2D eigenvalue weighted by Crippen LogP contribution is -2.51. The van der Waals surface area contributed by atoms with Crippen molar-refractivity contribution in [2.45, 2.75) is 44.7 Å². The minimum Gasteiger partial charge on any atom is -0.334 e. The quantitative estimate of drug-likeness (QED) is 0.657. The predicted octanol–water partition coefficient (Wildman–Crippen LogP) is 4.44. The summed E-state index contributed by atoms with van der Waals surface area (Å²) in [6, 6.07) is 10.3. The fourth-order valence-corrected chi connectivity index (χ4v) is 4.37. The molecule has 0 unspecified atom stereocenters. The van der Waals surface area contributed by atoms with E-state index in [1.165, 1.54) is 31.4 Å². The molecule has 0 saturated heterocycles. The van der Waals surface area contributed by atoms with E-state index in [0.29, 0.717) is 13.1 Å². The van der Waals surface area contributed by atoms with Gasteiger partial charge < -0.3 is 5.32 Å². The fourth-order valence-electron chi connectivity index (χ4n) is 4.37. The smallest absolute Gasteiger partial charge is 0.334 e. The number of carbonyl (C=O) groups is 1. The molecular formula is C23H25FN6O. The van der Waals surface area contributed by atoms with Crippen LogP contribution in [0.5, 0.6) is 0 Å². The van der Waals surface area contributed by atoms with E-state index in [4.69, 9.17) is 5.10 Å². The number of nitrogens with zero attached hydrogens (tertiary/aromatic N) is 4. The van der Waals surface area contributed by atoms with Crippen molar-refractivity contribution in [3.63, 3.8) is 0 Å². The van der Waals surface area contributed by atoms with E-state index in [1.54, 1.807) is 29.5 Å². The maximum atomic E-state index is 13.5. The Morgan fingerprint density at radius 2 is 1.74 bits per heavy atom. The summed E-state index contributed by atoms with van der Waals surface area (Å²) < 4.78 is 15.4. The Morgan fingerprint density at radius 3 is 2.48 bits per heavy atom. The summed E-state index contributed by atoms with van der Waals surface area (Å²) in [7, 11) is 0. The Hall–Kier alpha value is -3.42. The molecule has 8 heteroatoms. The van der Waals surface area contributed by atoms with Crippen molar-refractivity contribution in [1.29, 1.82) is 0 Å². The van der Waals surface area contributed by atoms with Crippen LogP contribution in [0.2, 0.25) is 0 Å². The lowest BCUT2D eigenvalue weighted by Gasteiger charge is -2.32. The molecule has 3 aromatic rings. The number of aromatic nitrogens is 3. The summed E-state index contributed by atoms with van der Waals surface area (Å²) in [6.07, 6.45) is 9.10. The average Bonchev–Trinajstić information content (AvgIpc) is 3.19. The highest BCUT2D eigenvalue weighted by Gasteiger charge is 2.29. The summed E-state index contributed by atoms with van der Waals surface area (Å²) in [5.41, 5.74) is 6.63. The van der Waals surface area contributed by atoms with E-state index in [-0.39, 0.29) is 17.9 Å². The van der Waals surface area contributed by atoms with Gasteiger partial charge in [0.2, 0.25) is 0 Å². The summed E-state index contributed by atoms with van der Waals surface area (Å²) in [5, 5.41) is 9.59. The third-order valence-electron chi connectivity index (χ3n) is 5.99. The number of hydrogen-bond donors (Lipinski definition) is 2. The van der Waals surface area contributed by atoms with Gasteiger partial charge in [-0.15, -0.1) is 0 Å². The van der Waals surface area contributed by atoms with Crippen LogP contribution in [-0.2, 0) is 6.54 Å². The van der Waals surface area contributed by atoms with Crippen LogP contribution in [0, 0.1) is 5.82 Å². The van der Waals surface area contributed by atoms with Gasteiger partial charge in [-0.3, -0.25) is 10.4 Å². The number of urea groups is 1. The predicted molar refractivity (Wildman–Crippen MR) is 117 cm³/mol. The molecule has 2 aromatic heterocycles. The molecule has 1 aromatic carbocycles. The normalized spacial score (nSPS) is 16.5. The summed E-state index contributed by atoms with van der Waals surface area (Å²) in [6.45, 7) is 1.07. The molecule has 3 heterocycles. The monoisotopic (exact) mass is 420 g/mol. The van der Waals surface area contributed by atoms with Crippen LogP contribution < -0.4 is 10.7 Å². The van der Waals surface area contributed by atoms with Crippen LogP contribution in [0.15, 0.2) is 48.8 Å². The standard InChI is InChI=1S/C23H25FN6O/c24-18-8-6-17(7-9-18)21-20(16-10-12-25-13-11-16)22-28-30(15-14-29(22)27-21)23(31)26-19-4-2-1-3-5-19/h6-13,19,28H,1-5,14-15H2,(H,26,31). The number of anilines is 1. The molecular weight excluding hydrogens is 395 g/mol. The number of amides is 2. The van der Waals surface area contributed by atoms with Crippen LogP contribution in [0.25, 0.3) is 22.4 Å². The second-order valence-electron chi connectivity index (χ2n) is 8.09. The highest BCUT2D eigenvalue weighted by atomic mass is 19.1. The molecule has 2 N–H and O–H groups in total. The molecule has 1 fully saturated rings. The summed E-state index contributed by atoms with van der Waals surface area (Å²) in [4.78, 5) is 17.0. The second-order valence-corrected chi connectivity index (χ2v) is 8.09. The first-order valence-corrected chi connectivity index (χ1v) is 10.8. The van der Waals surface area contributed by atoms with Crippen molar-refractivity contribution >= 4 is 11.8 Å². The van der Waals surface area contributed by atoms with Crippen molar-refractivity contribution in [3.8, 4) is 22.4 Å². The van der Waals surface area contributed by atoms with Crippen LogP contribution in [0.4, 0.5) is 15.0 Å². The Bertz CT molecular complexity index is 1060. The lowest BCUT2D eigenvalue weighted by atomic mass is 9.96. The van der Waals surface area contributed by atoms with Gasteiger partial charge in [-0.25, -0.2) is 18.9 Å². The number of rotatable bonds is 3. The van der Waals surface area contributed by atoms with Crippen LogP contribution in [0.3, 0.4) is 0 Å². The van der Waals surface area contributed by atoms with Gasteiger partial charge >= 0.3 is 6.03 Å².